The topological polar surface area (TPSA) is 68.3 Å². The Morgan fingerprint density at radius 1 is 1.44 bits per heavy atom. The van der Waals surface area contributed by atoms with Crippen molar-refractivity contribution in [2.24, 2.45) is 4.40 Å². The molecule has 1 aromatic heterocycles. The summed E-state index contributed by atoms with van der Waals surface area (Å²) in [6.07, 6.45) is 3.62. The summed E-state index contributed by atoms with van der Waals surface area (Å²) in [7, 11) is -1.28. The largest absolute Gasteiger partial charge is 0.419 e. The molecule has 0 spiro atoms. The van der Waals surface area contributed by atoms with Gasteiger partial charge in [-0.25, -0.2) is 4.21 Å². The Morgan fingerprint density at radius 3 is 2.69 bits per heavy atom. The third-order valence-corrected chi connectivity index (χ3v) is 3.51. The number of rotatable bonds is 3. The molecule has 16 heavy (non-hydrogen) atoms. The van der Waals surface area contributed by atoms with Crippen LogP contribution in [0.25, 0.3) is 0 Å². The van der Waals surface area contributed by atoms with Crippen molar-refractivity contribution in [3.63, 3.8) is 0 Å². The van der Waals surface area contributed by atoms with Crippen LogP contribution in [-0.2, 0) is 11.0 Å². The van der Waals surface area contributed by atoms with Gasteiger partial charge in [0.2, 0.25) is 5.89 Å². The van der Waals surface area contributed by atoms with Gasteiger partial charge in [-0.05, 0) is 33.6 Å². The Kier molecular flexibility index (Phi) is 2.92. The molecule has 1 aromatic rings. The van der Waals surface area contributed by atoms with Crippen molar-refractivity contribution in [2.45, 2.75) is 44.3 Å². The molecule has 1 unspecified atom stereocenters. The molecule has 1 heterocycles. The molecule has 0 amide bonds. The van der Waals surface area contributed by atoms with E-state index in [-0.39, 0.29) is 4.75 Å². The summed E-state index contributed by atoms with van der Waals surface area (Å²) in [5.74, 6) is 1.44. The third-order valence-electron chi connectivity index (χ3n) is 2.17. The molecule has 1 saturated carbocycles. The van der Waals surface area contributed by atoms with Crippen LogP contribution in [0.3, 0.4) is 0 Å². The van der Waals surface area contributed by atoms with Crippen molar-refractivity contribution in [2.75, 3.05) is 0 Å². The molecule has 1 aliphatic rings. The summed E-state index contributed by atoms with van der Waals surface area (Å²) in [5, 5.41) is 7.74. The van der Waals surface area contributed by atoms with Gasteiger partial charge in [0, 0.05) is 5.92 Å². The van der Waals surface area contributed by atoms with Gasteiger partial charge in [0.15, 0.2) is 0 Å². The predicted octanol–water partition coefficient (Wildman–Crippen LogP) is 1.83. The van der Waals surface area contributed by atoms with Gasteiger partial charge >= 0.3 is 0 Å². The van der Waals surface area contributed by atoms with E-state index in [0.29, 0.717) is 17.7 Å². The molecule has 88 valence electrons. The first-order valence-electron chi connectivity index (χ1n) is 5.26. The van der Waals surface area contributed by atoms with E-state index in [0.717, 1.165) is 12.8 Å². The fourth-order valence-electron chi connectivity index (χ4n) is 1.05. The number of hydrogen-bond acceptors (Lipinski definition) is 4. The molecule has 5 nitrogen and oxygen atoms in total. The minimum Gasteiger partial charge on any atom is -0.419 e. The van der Waals surface area contributed by atoms with E-state index in [2.05, 4.69) is 14.6 Å². The maximum atomic E-state index is 11.6. The van der Waals surface area contributed by atoms with Crippen LogP contribution in [0.1, 0.15) is 51.3 Å². The highest BCUT2D eigenvalue weighted by Crippen LogP contribution is 2.38. The molecule has 2 rings (SSSR count). The average molecular weight is 241 g/mol. The second-order valence-electron chi connectivity index (χ2n) is 4.85. The zero-order chi connectivity index (χ0) is 11.8. The van der Waals surface area contributed by atoms with Gasteiger partial charge in [0.25, 0.3) is 5.89 Å². The van der Waals surface area contributed by atoms with Gasteiger partial charge in [0.05, 0.1) is 4.75 Å². The van der Waals surface area contributed by atoms with E-state index in [4.69, 9.17) is 4.42 Å². The molecule has 0 saturated heterocycles. The van der Waals surface area contributed by atoms with E-state index in [1.165, 1.54) is 6.21 Å². The maximum Gasteiger partial charge on any atom is 0.259 e. The lowest BCUT2D eigenvalue weighted by molar-refractivity contribution is 0.490. The fraction of sp³-hybridized carbons (Fsp3) is 0.700. The Hall–Kier alpha value is -1.04. The smallest absolute Gasteiger partial charge is 0.259 e. The van der Waals surface area contributed by atoms with Gasteiger partial charge < -0.3 is 4.42 Å². The summed E-state index contributed by atoms with van der Waals surface area (Å²) in [6.45, 7) is 5.59. The first kappa shape index (κ1) is 11.4. The van der Waals surface area contributed by atoms with Crippen LogP contribution in [0.2, 0.25) is 0 Å². The lowest BCUT2D eigenvalue weighted by Crippen LogP contribution is -2.19. The monoisotopic (exact) mass is 241 g/mol. The second-order valence-corrected chi connectivity index (χ2v) is 6.78. The first-order valence-corrected chi connectivity index (χ1v) is 6.37. The lowest BCUT2D eigenvalue weighted by atomic mass is 10.3. The van der Waals surface area contributed by atoms with Crippen LogP contribution in [-0.4, -0.2) is 25.4 Å². The summed E-state index contributed by atoms with van der Waals surface area (Å²) in [6, 6.07) is 0. The summed E-state index contributed by atoms with van der Waals surface area (Å²) >= 11 is 0. The van der Waals surface area contributed by atoms with Gasteiger partial charge in [-0.2, -0.15) is 4.40 Å². The number of aromatic nitrogens is 2. The molecular weight excluding hydrogens is 226 g/mol. The highest BCUT2D eigenvalue weighted by molar-refractivity contribution is 7.85. The molecule has 0 N–H and O–H groups in total. The Labute approximate surface area is 97.0 Å². The second kappa shape index (κ2) is 4.08. The Balaban J connectivity index is 2.02. The zero-order valence-electron chi connectivity index (χ0n) is 9.64. The highest BCUT2D eigenvalue weighted by atomic mass is 32.2. The van der Waals surface area contributed by atoms with Crippen LogP contribution < -0.4 is 0 Å². The van der Waals surface area contributed by atoms with E-state index in [1.54, 1.807) is 0 Å². The molecule has 1 aliphatic carbocycles. The first-order chi connectivity index (χ1) is 7.47. The minimum absolute atomic E-state index is 0.333. The van der Waals surface area contributed by atoms with Gasteiger partial charge in [0.1, 0.15) is 17.2 Å². The predicted molar refractivity (Wildman–Crippen MR) is 61.8 cm³/mol. The van der Waals surface area contributed by atoms with Crippen LogP contribution in [0, 0.1) is 0 Å². The quantitative estimate of drug-likeness (QED) is 0.757. The van der Waals surface area contributed by atoms with Crippen molar-refractivity contribution in [3.8, 4) is 0 Å². The van der Waals surface area contributed by atoms with Crippen LogP contribution in [0.4, 0.5) is 0 Å². The van der Waals surface area contributed by atoms with E-state index in [1.807, 2.05) is 20.8 Å². The Morgan fingerprint density at radius 2 is 2.12 bits per heavy atom. The zero-order valence-corrected chi connectivity index (χ0v) is 10.5. The fourth-order valence-corrected chi connectivity index (χ4v) is 1.55. The van der Waals surface area contributed by atoms with E-state index >= 15 is 0 Å². The SMILES string of the molecule is CC(C)(C)S(=O)N=Cc1nnc(C2CC2)o1. The lowest BCUT2D eigenvalue weighted by Gasteiger charge is -2.12. The van der Waals surface area contributed by atoms with Crippen molar-refractivity contribution < 1.29 is 8.63 Å². The van der Waals surface area contributed by atoms with Crippen molar-refractivity contribution in [3.05, 3.63) is 11.8 Å². The third kappa shape index (κ3) is 2.75. The minimum atomic E-state index is -1.28. The average Bonchev–Trinajstić information content (AvgIpc) is 2.94. The highest BCUT2D eigenvalue weighted by Gasteiger charge is 2.29. The number of hydrogen-bond donors (Lipinski definition) is 0. The normalized spacial score (nSPS) is 19.2. The molecule has 1 atom stereocenters. The van der Waals surface area contributed by atoms with Crippen molar-refractivity contribution in [1.82, 2.24) is 10.2 Å². The van der Waals surface area contributed by atoms with Gasteiger partial charge in [-0.15, -0.1) is 10.2 Å². The van der Waals surface area contributed by atoms with Crippen LogP contribution in [0.5, 0.6) is 0 Å². The standard InChI is InChI=1S/C10H15N3O2S/c1-10(2,3)16(14)11-6-8-12-13-9(15-8)7-4-5-7/h6-7H,4-5H2,1-3H3. The number of nitrogens with zero attached hydrogens (tertiary/aromatic N) is 3. The Bertz CT molecular complexity index is 430. The van der Waals surface area contributed by atoms with E-state index < -0.39 is 11.0 Å². The van der Waals surface area contributed by atoms with Gasteiger partial charge in [-0.3, -0.25) is 0 Å². The van der Waals surface area contributed by atoms with Crippen LogP contribution >= 0.6 is 0 Å². The molecule has 0 aliphatic heterocycles. The van der Waals surface area contributed by atoms with Crippen molar-refractivity contribution in [1.29, 1.82) is 0 Å². The molecule has 0 radical (unpaired) electrons. The summed E-state index contributed by atoms with van der Waals surface area (Å²) < 4.78 is 20.5. The van der Waals surface area contributed by atoms with Gasteiger partial charge in [-0.1, -0.05) is 0 Å². The molecule has 1 fully saturated rings. The molecule has 0 aromatic carbocycles. The molecular formula is C10H15N3O2S. The molecule has 0 bridgehead atoms. The van der Waals surface area contributed by atoms with Crippen LogP contribution in [0.15, 0.2) is 8.81 Å². The summed E-state index contributed by atoms with van der Waals surface area (Å²) in [5.41, 5.74) is 0. The van der Waals surface area contributed by atoms with E-state index in [9.17, 15) is 4.21 Å². The summed E-state index contributed by atoms with van der Waals surface area (Å²) in [4.78, 5) is 0. The van der Waals surface area contributed by atoms with Crippen molar-refractivity contribution >= 4 is 17.2 Å². The molecule has 6 heteroatoms. The maximum absolute atomic E-state index is 11.6.